The van der Waals surface area contributed by atoms with Gasteiger partial charge in [0.1, 0.15) is 0 Å². The van der Waals surface area contributed by atoms with Crippen molar-refractivity contribution in [1.29, 1.82) is 0 Å². The molecule has 1 heterocycles. The molecule has 1 aliphatic heterocycles. The quantitative estimate of drug-likeness (QED) is 0.633. The van der Waals surface area contributed by atoms with E-state index in [-0.39, 0.29) is 0 Å². The number of fused-ring (bicyclic) bond motifs is 1. The number of nitrogens with one attached hydrogen (secondary N) is 1. The van der Waals surface area contributed by atoms with Crippen molar-refractivity contribution in [3.05, 3.63) is 29.8 Å². The van der Waals surface area contributed by atoms with Crippen LogP contribution in [0.5, 0.6) is 0 Å². The Labute approximate surface area is 101 Å². The summed E-state index contributed by atoms with van der Waals surface area (Å²) in [6, 6.07) is 8.70. The molecule has 3 unspecified atom stereocenters. The molecule has 1 aromatic carbocycles. The summed E-state index contributed by atoms with van der Waals surface area (Å²) in [6.07, 6.45) is 1.20. The minimum Gasteiger partial charge on any atom is -0.378 e. The van der Waals surface area contributed by atoms with Crippen LogP contribution in [0.1, 0.15) is 25.3 Å². The van der Waals surface area contributed by atoms with Crippen molar-refractivity contribution in [3.63, 3.8) is 0 Å². The van der Waals surface area contributed by atoms with E-state index in [0.29, 0.717) is 11.7 Å². The first-order chi connectivity index (χ1) is 7.72. The smallest absolute Gasteiger partial charge is 0.185 e. The third kappa shape index (κ3) is 2.41. The van der Waals surface area contributed by atoms with Gasteiger partial charge < -0.3 is 10.1 Å². The zero-order valence-electron chi connectivity index (χ0n) is 10.3. The molecule has 4 heteroatoms. The number of benzene rings is 1. The SMILES string of the molecule is BN(CC)CPC1Nc2ccccc2C1C. The van der Waals surface area contributed by atoms with Gasteiger partial charge in [0.15, 0.2) is 7.98 Å². The summed E-state index contributed by atoms with van der Waals surface area (Å²) >= 11 is 0. The number of nitrogens with zero attached hydrogens (tertiary/aromatic N) is 1. The van der Waals surface area contributed by atoms with Crippen LogP contribution in [0, 0.1) is 0 Å². The molecule has 0 bridgehead atoms. The summed E-state index contributed by atoms with van der Waals surface area (Å²) < 4.78 is 0. The number of hydrogen-bond acceptors (Lipinski definition) is 2. The van der Waals surface area contributed by atoms with E-state index in [1.165, 1.54) is 17.5 Å². The molecule has 16 heavy (non-hydrogen) atoms. The minimum atomic E-state index is 0.631. The minimum absolute atomic E-state index is 0.631. The van der Waals surface area contributed by atoms with E-state index in [2.05, 4.69) is 56.2 Å². The lowest BCUT2D eigenvalue weighted by molar-refractivity contribution is 0.556. The maximum Gasteiger partial charge on any atom is 0.185 e. The highest BCUT2D eigenvalue weighted by Gasteiger charge is 2.27. The fourth-order valence-corrected chi connectivity index (χ4v) is 3.61. The molecule has 0 radical (unpaired) electrons. The summed E-state index contributed by atoms with van der Waals surface area (Å²) in [5.74, 6) is 1.28. The van der Waals surface area contributed by atoms with Gasteiger partial charge in [0.2, 0.25) is 0 Å². The van der Waals surface area contributed by atoms with Gasteiger partial charge in [0, 0.05) is 17.9 Å². The van der Waals surface area contributed by atoms with Gasteiger partial charge in [-0.25, -0.2) is 0 Å². The van der Waals surface area contributed by atoms with Crippen LogP contribution >= 0.6 is 8.58 Å². The summed E-state index contributed by atoms with van der Waals surface area (Å²) in [5.41, 5.74) is 2.82. The molecule has 0 saturated carbocycles. The van der Waals surface area contributed by atoms with Crippen molar-refractivity contribution in [3.8, 4) is 0 Å². The standard InChI is InChI=1S/C12H20BN2P/c1-3-15(13)8-16-12-9(2)10-6-4-5-7-11(10)14-12/h4-7,9,12,14,16H,3,8,13H2,1-2H3. The maximum atomic E-state index is 3.65. The first-order valence-electron chi connectivity index (χ1n) is 5.99. The van der Waals surface area contributed by atoms with Crippen molar-refractivity contribution in [2.75, 3.05) is 18.1 Å². The zero-order valence-corrected chi connectivity index (χ0v) is 11.3. The van der Waals surface area contributed by atoms with E-state index in [9.17, 15) is 0 Å². The Hall–Kier alpha value is -0.525. The monoisotopic (exact) mass is 234 g/mol. The molecule has 0 spiro atoms. The highest BCUT2D eigenvalue weighted by atomic mass is 31.1. The number of anilines is 1. The van der Waals surface area contributed by atoms with Crippen LogP contribution in [0.25, 0.3) is 0 Å². The van der Waals surface area contributed by atoms with E-state index in [0.717, 1.165) is 15.1 Å². The molecular weight excluding hydrogens is 214 g/mol. The first kappa shape index (κ1) is 11.9. The Balaban J connectivity index is 1.96. The lowest BCUT2D eigenvalue weighted by Gasteiger charge is -2.21. The molecule has 0 amide bonds. The Morgan fingerprint density at radius 2 is 2.19 bits per heavy atom. The Morgan fingerprint density at radius 3 is 2.88 bits per heavy atom. The van der Waals surface area contributed by atoms with Gasteiger partial charge in [-0.1, -0.05) is 40.6 Å². The average molecular weight is 234 g/mol. The normalized spacial score (nSPS) is 23.9. The summed E-state index contributed by atoms with van der Waals surface area (Å²) in [6.45, 7) is 5.69. The van der Waals surface area contributed by atoms with Crippen molar-refractivity contribution < 1.29 is 0 Å². The highest BCUT2D eigenvalue weighted by Crippen LogP contribution is 2.42. The van der Waals surface area contributed by atoms with E-state index in [4.69, 9.17) is 0 Å². The van der Waals surface area contributed by atoms with Crippen LogP contribution in [0.4, 0.5) is 5.69 Å². The molecule has 1 aromatic rings. The second kappa shape index (κ2) is 5.20. The second-order valence-electron chi connectivity index (χ2n) is 4.53. The lowest BCUT2D eigenvalue weighted by Crippen LogP contribution is -2.22. The molecule has 0 aliphatic carbocycles. The summed E-state index contributed by atoms with van der Waals surface area (Å²) in [5, 5.41) is 3.65. The van der Waals surface area contributed by atoms with Crippen LogP contribution < -0.4 is 5.32 Å². The van der Waals surface area contributed by atoms with Crippen LogP contribution in [-0.4, -0.2) is 31.4 Å². The van der Waals surface area contributed by atoms with Crippen molar-refractivity contribution in [2.24, 2.45) is 0 Å². The van der Waals surface area contributed by atoms with Crippen LogP contribution in [-0.2, 0) is 0 Å². The maximum absolute atomic E-state index is 3.65. The molecule has 2 rings (SSSR count). The highest BCUT2D eigenvalue weighted by molar-refractivity contribution is 7.39. The number of hydrogen-bond donors (Lipinski definition) is 1. The zero-order chi connectivity index (χ0) is 11.5. The number of rotatable bonds is 4. The van der Waals surface area contributed by atoms with Crippen LogP contribution in [0.2, 0.25) is 0 Å². The van der Waals surface area contributed by atoms with Crippen molar-refractivity contribution in [2.45, 2.75) is 25.5 Å². The van der Waals surface area contributed by atoms with Crippen LogP contribution in [0.3, 0.4) is 0 Å². The molecular formula is C12H20BN2P. The molecule has 86 valence electrons. The first-order valence-corrected chi connectivity index (χ1v) is 7.28. The van der Waals surface area contributed by atoms with Gasteiger partial charge in [-0.15, -0.1) is 0 Å². The average Bonchev–Trinajstić information content (AvgIpc) is 2.64. The second-order valence-corrected chi connectivity index (χ2v) is 5.88. The summed E-state index contributed by atoms with van der Waals surface area (Å²) in [4.78, 5) is 2.38. The molecule has 1 aliphatic rings. The molecule has 0 aromatic heterocycles. The fraction of sp³-hybridized carbons (Fsp3) is 0.500. The summed E-state index contributed by atoms with van der Waals surface area (Å²) in [7, 11) is 3.16. The largest absolute Gasteiger partial charge is 0.378 e. The molecule has 3 atom stereocenters. The molecule has 1 N–H and O–H groups in total. The van der Waals surface area contributed by atoms with Gasteiger partial charge in [-0.2, -0.15) is 0 Å². The Bertz CT molecular complexity index is 359. The van der Waals surface area contributed by atoms with Gasteiger partial charge in [-0.3, -0.25) is 0 Å². The van der Waals surface area contributed by atoms with Crippen molar-refractivity contribution >= 4 is 22.2 Å². The molecule has 0 saturated heterocycles. The lowest BCUT2D eigenvalue weighted by atomic mass is 10.0. The van der Waals surface area contributed by atoms with Gasteiger partial charge in [0.25, 0.3) is 0 Å². The third-order valence-corrected chi connectivity index (χ3v) is 5.19. The molecule has 0 fully saturated rings. The Morgan fingerprint density at radius 1 is 1.44 bits per heavy atom. The van der Waals surface area contributed by atoms with E-state index in [1.54, 1.807) is 0 Å². The van der Waals surface area contributed by atoms with E-state index < -0.39 is 0 Å². The predicted molar refractivity (Wildman–Crippen MR) is 76.4 cm³/mol. The van der Waals surface area contributed by atoms with Crippen molar-refractivity contribution in [1.82, 2.24) is 4.81 Å². The van der Waals surface area contributed by atoms with Gasteiger partial charge >= 0.3 is 0 Å². The number of para-hydroxylation sites is 1. The van der Waals surface area contributed by atoms with Gasteiger partial charge in [-0.05, 0) is 18.2 Å². The van der Waals surface area contributed by atoms with E-state index >= 15 is 0 Å². The van der Waals surface area contributed by atoms with Gasteiger partial charge in [0.05, 0.1) is 5.78 Å². The fourth-order valence-electron chi connectivity index (χ4n) is 2.09. The van der Waals surface area contributed by atoms with Crippen LogP contribution in [0.15, 0.2) is 24.3 Å². The predicted octanol–water partition coefficient (Wildman–Crippen LogP) is 2.05. The molecule has 2 nitrogen and oxygen atoms in total. The Kier molecular flexibility index (Phi) is 3.88. The van der Waals surface area contributed by atoms with E-state index in [1.807, 2.05) is 0 Å². The third-order valence-electron chi connectivity index (χ3n) is 3.38. The topological polar surface area (TPSA) is 15.3 Å².